The van der Waals surface area contributed by atoms with E-state index in [1.807, 2.05) is 13.1 Å². The van der Waals surface area contributed by atoms with E-state index < -0.39 is 0 Å². The predicted molar refractivity (Wildman–Crippen MR) is 59.5 cm³/mol. The zero-order chi connectivity index (χ0) is 10.4. The summed E-state index contributed by atoms with van der Waals surface area (Å²) in [5.74, 6) is 0. The van der Waals surface area contributed by atoms with Crippen molar-refractivity contribution in [1.82, 2.24) is 10.3 Å². The van der Waals surface area contributed by atoms with E-state index in [2.05, 4.69) is 17.2 Å². The Kier molecular flexibility index (Phi) is 5.07. The van der Waals surface area contributed by atoms with Crippen molar-refractivity contribution in [2.24, 2.45) is 0 Å². The van der Waals surface area contributed by atoms with Gasteiger partial charge in [0.2, 0.25) is 0 Å². The molecule has 0 saturated carbocycles. The highest BCUT2D eigenvalue weighted by Gasteiger charge is 2.02. The Morgan fingerprint density at radius 2 is 2.43 bits per heavy atom. The average Bonchev–Trinajstić information content (AvgIpc) is 2.58. The van der Waals surface area contributed by atoms with Crippen LogP contribution >= 0.6 is 11.3 Å². The van der Waals surface area contributed by atoms with E-state index in [0.717, 1.165) is 24.4 Å². The Balaban J connectivity index is 2.20. The molecule has 0 aliphatic carbocycles. The predicted octanol–water partition coefficient (Wildman–Crippen LogP) is 1.70. The van der Waals surface area contributed by atoms with Crippen molar-refractivity contribution in [1.29, 1.82) is 0 Å². The van der Waals surface area contributed by atoms with Crippen LogP contribution in [0.5, 0.6) is 0 Å². The van der Waals surface area contributed by atoms with E-state index in [1.165, 1.54) is 4.88 Å². The molecule has 1 rings (SSSR count). The van der Waals surface area contributed by atoms with Gasteiger partial charge in [-0.15, -0.1) is 11.3 Å². The molecule has 0 amide bonds. The van der Waals surface area contributed by atoms with Crippen LogP contribution in [-0.4, -0.2) is 22.7 Å². The number of hydrogen-bond donors (Lipinski definition) is 2. The van der Waals surface area contributed by atoms with Gasteiger partial charge < -0.3 is 10.4 Å². The molecule has 1 aromatic heterocycles. The molecular weight excluding hydrogens is 196 g/mol. The lowest BCUT2D eigenvalue weighted by molar-refractivity contribution is 0.276. The second-order valence-corrected chi connectivity index (χ2v) is 4.81. The van der Waals surface area contributed by atoms with Crippen molar-refractivity contribution >= 4 is 11.3 Å². The van der Waals surface area contributed by atoms with Crippen molar-refractivity contribution in [3.63, 3.8) is 0 Å². The van der Waals surface area contributed by atoms with Crippen LogP contribution in [0, 0.1) is 6.92 Å². The molecule has 4 heteroatoms. The van der Waals surface area contributed by atoms with Crippen molar-refractivity contribution in [3.05, 3.63) is 16.1 Å². The maximum atomic E-state index is 8.67. The molecule has 2 N–H and O–H groups in total. The molecule has 1 unspecified atom stereocenters. The monoisotopic (exact) mass is 214 g/mol. The Labute approximate surface area is 89.2 Å². The summed E-state index contributed by atoms with van der Waals surface area (Å²) in [6.07, 6.45) is 3.82. The van der Waals surface area contributed by atoms with E-state index in [1.54, 1.807) is 11.3 Å². The standard InChI is InChI=1S/C10H18N2OS/c1-8(4-3-5-13)11-6-10-7-12-9(2)14-10/h7-8,11,13H,3-6H2,1-2H3. The van der Waals surface area contributed by atoms with Gasteiger partial charge in [0.15, 0.2) is 0 Å². The zero-order valence-electron chi connectivity index (χ0n) is 8.79. The molecule has 0 spiro atoms. The average molecular weight is 214 g/mol. The summed E-state index contributed by atoms with van der Waals surface area (Å²) in [7, 11) is 0. The number of aliphatic hydroxyl groups excluding tert-OH is 1. The number of hydrogen-bond acceptors (Lipinski definition) is 4. The Bertz CT molecular complexity index is 262. The van der Waals surface area contributed by atoms with Crippen LogP contribution in [-0.2, 0) is 6.54 Å². The second-order valence-electron chi connectivity index (χ2n) is 3.49. The van der Waals surface area contributed by atoms with E-state index in [0.29, 0.717) is 6.04 Å². The summed E-state index contributed by atoms with van der Waals surface area (Å²) in [6, 6.07) is 0.463. The van der Waals surface area contributed by atoms with E-state index in [-0.39, 0.29) is 6.61 Å². The van der Waals surface area contributed by atoms with Gasteiger partial charge in [0.1, 0.15) is 0 Å². The SMILES string of the molecule is Cc1ncc(CNC(C)CCCO)s1. The number of thiazole rings is 1. The summed E-state index contributed by atoms with van der Waals surface area (Å²) >= 11 is 1.73. The van der Waals surface area contributed by atoms with Crippen molar-refractivity contribution in [2.75, 3.05) is 6.61 Å². The fraction of sp³-hybridized carbons (Fsp3) is 0.700. The number of nitrogens with one attached hydrogen (secondary N) is 1. The first-order valence-electron chi connectivity index (χ1n) is 4.98. The molecule has 1 atom stereocenters. The minimum absolute atomic E-state index is 0.283. The maximum Gasteiger partial charge on any atom is 0.0897 e. The second kappa shape index (κ2) is 6.11. The first-order chi connectivity index (χ1) is 6.72. The molecule has 0 fully saturated rings. The van der Waals surface area contributed by atoms with Crippen molar-refractivity contribution in [2.45, 2.75) is 39.3 Å². The van der Waals surface area contributed by atoms with Crippen LogP contribution in [0.15, 0.2) is 6.20 Å². The van der Waals surface area contributed by atoms with Crippen LogP contribution in [0.4, 0.5) is 0 Å². The summed E-state index contributed by atoms with van der Waals surface area (Å²) in [6.45, 7) is 5.33. The lowest BCUT2D eigenvalue weighted by Crippen LogP contribution is -2.25. The van der Waals surface area contributed by atoms with Crippen molar-refractivity contribution in [3.8, 4) is 0 Å². The molecule has 1 heterocycles. The molecule has 0 aromatic carbocycles. The van der Waals surface area contributed by atoms with Gasteiger partial charge in [-0.2, -0.15) is 0 Å². The third-order valence-corrected chi connectivity index (χ3v) is 3.00. The third kappa shape index (κ3) is 4.17. The molecular formula is C10H18N2OS. The molecule has 0 bridgehead atoms. The molecule has 14 heavy (non-hydrogen) atoms. The van der Waals surface area contributed by atoms with E-state index >= 15 is 0 Å². The number of nitrogens with zero attached hydrogens (tertiary/aromatic N) is 1. The van der Waals surface area contributed by atoms with Crippen LogP contribution < -0.4 is 5.32 Å². The maximum absolute atomic E-state index is 8.67. The quantitative estimate of drug-likeness (QED) is 0.757. The first kappa shape index (κ1) is 11.6. The van der Waals surface area contributed by atoms with E-state index in [4.69, 9.17) is 5.11 Å². The van der Waals surface area contributed by atoms with Crippen LogP contribution in [0.2, 0.25) is 0 Å². The van der Waals surface area contributed by atoms with Crippen LogP contribution in [0.25, 0.3) is 0 Å². The summed E-state index contributed by atoms with van der Waals surface area (Å²) in [5.41, 5.74) is 0. The minimum atomic E-state index is 0.283. The van der Waals surface area contributed by atoms with Gasteiger partial charge in [-0.1, -0.05) is 0 Å². The van der Waals surface area contributed by atoms with Gasteiger partial charge in [0, 0.05) is 30.3 Å². The summed E-state index contributed by atoms with van der Waals surface area (Å²) < 4.78 is 0. The van der Waals surface area contributed by atoms with E-state index in [9.17, 15) is 0 Å². The van der Waals surface area contributed by atoms with Gasteiger partial charge >= 0.3 is 0 Å². The topological polar surface area (TPSA) is 45.2 Å². The minimum Gasteiger partial charge on any atom is -0.396 e. The lowest BCUT2D eigenvalue weighted by Gasteiger charge is -2.11. The largest absolute Gasteiger partial charge is 0.396 e. The Morgan fingerprint density at radius 3 is 3.00 bits per heavy atom. The highest BCUT2D eigenvalue weighted by atomic mass is 32.1. The lowest BCUT2D eigenvalue weighted by atomic mass is 10.2. The van der Waals surface area contributed by atoms with Gasteiger partial charge in [0.05, 0.1) is 5.01 Å². The van der Waals surface area contributed by atoms with Crippen LogP contribution in [0.3, 0.4) is 0 Å². The molecule has 0 aliphatic heterocycles. The fourth-order valence-corrected chi connectivity index (χ4v) is 2.01. The molecule has 0 aliphatic rings. The zero-order valence-corrected chi connectivity index (χ0v) is 9.60. The highest BCUT2D eigenvalue weighted by Crippen LogP contribution is 2.11. The number of aromatic nitrogens is 1. The molecule has 0 saturated heterocycles. The third-order valence-electron chi connectivity index (χ3n) is 2.09. The van der Waals surface area contributed by atoms with Gasteiger partial charge in [-0.25, -0.2) is 4.98 Å². The number of aryl methyl sites for hydroxylation is 1. The Hall–Kier alpha value is -0.450. The first-order valence-corrected chi connectivity index (χ1v) is 5.79. The number of aliphatic hydroxyl groups is 1. The smallest absolute Gasteiger partial charge is 0.0897 e. The van der Waals surface area contributed by atoms with Gasteiger partial charge in [0.25, 0.3) is 0 Å². The number of rotatable bonds is 6. The normalized spacial score (nSPS) is 13.1. The fourth-order valence-electron chi connectivity index (χ4n) is 1.26. The molecule has 3 nitrogen and oxygen atoms in total. The van der Waals surface area contributed by atoms with Gasteiger partial charge in [-0.3, -0.25) is 0 Å². The summed E-state index contributed by atoms with van der Waals surface area (Å²) in [4.78, 5) is 5.47. The van der Waals surface area contributed by atoms with Gasteiger partial charge in [-0.05, 0) is 26.7 Å². The molecule has 1 aromatic rings. The Morgan fingerprint density at radius 1 is 1.64 bits per heavy atom. The highest BCUT2D eigenvalue weighted by molar-refractivity contribution is 7.11. The molecule has 0 radical (unpaired) electrons. The summed E-state index contributed by atoms with van der Waals surface area (Å²) in [5, 5.41) is 13.2. The van der Waals surface area contributed by atoms with Crippen molar-refractivity contribution < 1.29 is 5.11 Å². The van der Waals surface area contributed by atoms with Crippen LogP contribution in [0.1, 0.15) is 29.7 Å². The molecule has 80 valence electrons.